The third-order valence-corrected chi connectivity index (χ3v) is 7.08. The lowest BCUT2D eigenvalue weighted by Crippen LogP contribution is -2.33. The van der Waals surface area contributed by atoms with Crippen LogP contribution in [0.1, 0.15) is 65.7 Å². The standard InChI is InChI=1S/C27H29N5O2/c1-16-14-32(9-8-21(16)19-4-7-23(29-13-19)27(34)30-20-5-6-20)15-17-10-25-24(28-12-17)11-22(18-2-3-18)26(33)31-25/h4,7-8,10-13,16,18,20H,2-3,5-6,9,14-15H2,1H3,(H,30,34)(H,31,33)/t16-/m1/s1. The van der Waals surface area contributed by atoms with Gasteiger partial charge in [0.25, 0.3) is 11.5 Å². The minimum Gasteiger partial charge on any atom is -0.348 e. The van der Waals surface area contributed by atoms with Crippen molar-refractivity contribution >= 4 is 22.5 Å². The van der Waals surface area contributed by atoms with Crippen molar-refractivity contribution in [3.05, 3.63) is 75.5 Å². The van der Waals surface area contributed by atoms with E-state index in [-0.39, 0.29) is 11.5 Å². The highest BCUT2D eigenvalue weighted by Crippen LogP contribution is 2.38. The zero-order valence-corrected chi connectivity index (χ0v) is 19.4. The molecule has 2 aliphatic carbocycles. The van der Waals surface area contributed by atoms with E-state index >= 15 is 0 Å². The van der Waals surface area contributed by atoms with Gasteiger partial charge in [0, 0.05) is 43.6 Å². The van der Waals surface area contributed by atoms with Crippen LogP contribution in [0.3, 0.4) is 0 Å². The quantitative estimate of drug-likeness (QED) is 0.592. The lowest BCUT2D eigenvalue weighted by molar-refractivity contribution is 0.0946. The third-order valence-electron chi connectivity index (χ3n) is 7.08. The smallest absolute Gasteiger partial charge is 0.270 e. The van der Waals surface area contributed by atoms with Crippen LogP contribution in [-0.4, -0.2) is 44.9 Å². The van der Waals surface area contributed by atoms with Crippen molar-refractivity contribution in [1.82, 2.24) is 25.2 Å². The summed E-state index contributed by atoms with van der Waals surface area (Å²) >= 11 is 0. The fraction of sp³-hybridized carbons (Fsp3) is 0.407. The Labute approximate surface area is 198 Å². The molecule has 1 atom stereocenters. The molecule has 0 spiro atoms. The van der Waals surface area contributed by atoms with Crippen LogP contribution in [0.4, 0.5) is 0 Å². The lowest BCUT2D eigenvalue weighted by atomic mass is 9.91. The number of nitrogens with one attached hydrogen (secondary N) is 2. The van der Waals surface area contributed by atoms with Gasteiger partial charge < -0.3 is 10.3 Å². The number of carbonyl (C=O) groups is 1. The summed E-state index contributed by atoms with van der Waals surface area (Å²) in [7, 11) is 0. The van der Waals surface area contributed by atoms with Gasteiger partial charge in [-0.3, -0.25) is 24.5 Å². The van der Waals surface area contributed by atoms with E-state index < -0.39 is 0 Å². The number of rotatable bonds is 6. The highest BCUT2D eigenvalue weighted by molar-refractivity contribution is 5.92. The number of pyridine rings is 3. The predicted molar refractivity (Wildman–Crippen MR) is 131 cm³/mol. The molecule has 2 N–H and O–H groups in total. The highest BCUT2D eigenvalue weighted by atomic mass is 16.2. The molecule has 174 valence electrons. The molecule has 2 saturated carbocycles. The van der Waals surface area contributed by atoms with Crippen LogP contribution >= 0.6 is 0 Å². The zero-order chi connectivity index (χ0) is 23.2. The molecule has 0 unspecified atom stereocenters. The summed E-state index contributed by atoms with van der Waals surface area (Å²) in [4.78, 5) is 39.1. The Balaban J connectivity index is 1.14. The number of H-pyrrole nitrogens is 1. The Hall–Kier alpha value is -3.32. The van der Waals surface area contributed by atoms with Crippen molar-refractivity contribution in [2.45, 2.75) is 51.1 Å². The highest BCUT2D eigenvalue weighted by Gasteiger charge is 2.27. The average Bonchev–Trinajstić information content (AvgIpc) is 3.74. The molecular formula is C27H29N5O2. The maximum Gasteiger partial charge on any atom is 0.270 e. The summed E-state index contributed by atoms with van der Waals surface area (Å²) in [6.07, 6.45) is 10.3. The number of hydrogen-bond acceptors (Lipinski definition) is 5. The molecule has 0 saturated heterocycles. The monoisotopic (exact) mass is 455 g/mol. The van der Waals surface area contributed by atoms with E-state index in [1.807, 2.05) is 30.6 Å². The molecule has 4 heterocycles. The van der Waals surface area contributed by atoms with Crippen LogP contribution < -0.4 is 10.9 Å². The van der Waals surface area contributed by atoms with E-state index in [2.05, 4.69) is 44.2 Å². The fourth-order valence-electron chi connectivity index (χ4n) is 4.89. The molecule has 34 heavy (non-hydrogen) atoms. The van der Waals surface area contributed by atoms with Crippen molar-refractivity contribution in [2.75, 3.05) is 13.1 Å². The van der Waals surface area contributed by atoms with Crippen molar-refractivity contribution in [2.24, 2.45) is 5.92 Å². The number of carbonyl (C=O) groups excluding carboxylic acids is 1. The SMILES string of the molecule is C[C@@H]1CN(Cc2cnc3cc(C4CC4)c(=O)[nH]c3c2)CC=C1c1ccc(C(=O)NC2CC2)nc1. The van der Waals surface area contributed by atoms with Crippen molar-refractivity contribution in [1.29, 1.82) is 0 Å². The normalized spacial score (nSPS) is 20.9. The molecule has 6 rings (SSSR count). The van der Waals surface area contributed by atoms with Crippen LogP contribution in [0.25, 0.3) is 16.6 Å². The second-order valence-electron chi connectivity index (χ2n) is 10.0. The molecule has 3 aromatic heterocycles. The molecule has 1 aliphatic heterocycles. The van der Waals surface area contributed by atoms with E-state index in [1.165, 1.54) is 5.57 Å². The van der Waals surface area contributed by atoms with Gasteiger partial charge >= 0.3 is 0 Å². The largest absolute Gasteiger partial charge is 0.348 e. The van der Waals surface area contributed by atoms with Gasteiger partial charge in [0.05, 0.1) is 11.0 Å². The molecule has 0 aromatic carbocycles. The number of amides is 1. The minimum atomic E-state index is -0.0833. The van der Waals surface area contributed by atoms with E-state index in [0.29, 0.717) is 23.6 Å². The number of nitrogens with zero attached hydrogens (tertiary/aromatic N) is 3. The fourth-order valence-corrected chi connectivity index (χ4v) is 4.89. The molecule has 1 amide bonds. The molecule has 3 aliphatic rings. The summed E-state index contributed by atoms with van der Waals surface area (Å²) in [5.41, 5.74) is 6.50. The summed E-state index contributed by atoms with van der Waals surface area (Å²) in [5, 5.41) is 2.98. The van der Waals surface area contributed by atoms with Gasteiger partial charge in [-0.15, -0.1) is 0 Å². The van der Waals surface area contributed by atoms with E-state index in [0.717, 1.165) is 73.0 Å². The van der Waals surface area contributed by atoms with Gasteiger partial charge in [0.1, 0.15) is 5.69 Å². The molecular weight excluding hydrogens is 426 g/mol. The molecule has 0 radical (unpaired) electrons. The number of aromatic amines is 1. The second kappa shape index (κ2) is 8.47. The number of fused-ring (bicyclic) bond motifs is 1. The zero-order valence-electron chi connectivity index (χ0n) is 19.4. The second-order valence-corrected chi connectivity index (χ2v) is 10.0. The molecule has 3 aromatic rings. The summed E-state index contributed by atoms with van der Waals surface area (Å²) in [6.45, 7) is 4.76. The summed E-state index contributed by atoms with van der Waals surface area (Å²) in [6, 6.07) is 8.18. The Bertz CT molecular complexity index is 1340. The maximum atomic E-state index is 12.4. The van der Waals surface area contributed by atoms with Gasteiger partial charge in [-0.2, -0.15) is 0 Å². The number of aromatic nitrogens is 3. The van der Waals surface area contributed by atoms with Gasteiger partial charge in [-0.25, -0.2) is 0 Å². The Morgan fingerprint density at radius 3 is 2.71 bits per heavy atom. The van der Waals surface area contributed by atoms with Crippen LogP contribution in [-0.2, 0) is 6.54 Å². The topological polar surface area (TPSA) is 91.0 Å². The molecule has 2 fully saturated rings. The van der Waals surface area contributed by atoms with Crippen LogP contribution in [0.15, 0.2) is 47.5 Å². The van der Waals surface area contributed by atoms with Crippen LogP contribution in [0, 0.1) is 5.92 Å². The number of hydrogen-bond donors (Lipinski definition) is 2. The molecule has 7 nitrogen and oxygen atoms in total. The van der Waals surface area contributed by atoms with Crippen LogP contribution in [0.2, 0.25) is 0 Å². The van der Waals surface area contributed by atoms with E-state index in [9.17, 15) is 9.59 Å². The summed E-state index contributed by atoms with van der Waals surface area (Å²) in [5.74, 6) is 0.674. The van der Waals surface area contributed by atoms with Gasteiger partial charge in [0.15, 0.2) is 0 Å². The molecule has 0 bridgehead atoms. The first kappa shape index (κ1) is 21.2. The van der Waals surface area contributed by atoms with Gasteiger partial charge in [0.2, 0.25) is 0 Å². The van der Waals surface area contributed by atoms with E-state index in [4.69, 9.17) is 0 Å². The Morgan fingerprint density at radius 1 is 1.15 bits per heavy atom. The first-order valence-corrected chi connectivity index (χ1v) is 12.2. The lowest BCUT2D eigenvalue weighted by Gasteiger charge is -2.31. The Kier molecular flexibility index (Phi) is 5.29. The maximum absolute atomic E-state index is 12.4. The van der Waals surface area contributed by atoms with E-state index in [1.54, 1.807) is 0 Å². The first-order chi connectivity index (χ1) is 16.5. The van der Waals surface area contributed by atoms with Crippen molar-refractivity contribution in [3.8, 4) is 0 Å². The average molecular weight is 456 g/mol. The van der Waals surface area contributed by atoms with Gasteiger partial charge in [-0.1, -0.05) is 19.1 Å². The first-order valence-electron chi connectivity index (χ1n) is 12.2. The summed E-state index contributed by atoms with van der Waals surface area (Å²) < 4.78 is 0. The van der Waals surface area contributed by atoms with Crippen molar-refractivity contribution in [3.63, 3.8) is 0 Å². The predicted octanol–water partition coefficient (Wildman–Crippen LogP) is 3.62. The van der Waals surface area contributed by atoms with Crippen molar-refractivity contribution < 1.29 is 4.79 Å². The third kappa shape index (κ3) is 4.40. The minimum absolute atomic E-state index is 0.0257. The molecule has 7 heteroatoms. The van der Waals surface area contributed by atoms with Gasteiger partial charge in [-0.05, 0) is 72.4 Å². The Morgan fingerprint density at radius 2 is 2.00 bits per heavy atom. The van der Waals surface area contributed by atoms with Crippen LogP contribution in [0.5, 0.6) is 0 Å².